The van der Waals surface area contributed by atoms with Crippen LogP contribution in [0.3, 0.4) is 0 Å². The van der Waals surface area contributed by atoms with Crippen molar-refractivity contribution in [3.8, 4) is 0 Å². The van der Waals surface area contributed by atoms with E-state index in [0.29, 0.717) is 35.6 Å². The van der Waals surface area contributed by atoms with Crippen LogP contribution in [-0.2, 0) is 16.0 Å². The van der Waals surface area contributed by atoms with E-state index in [1.807, 2.05) is 29.2 Å². The molecule has 1 aliphatic heterocycles. The predicted molar refractivity (Wildman–Crippen MR) is 105 cm³/mol. The van der Waals surface area contributed by atoms with E-state index in [0.717, 1.165) is 23.4 Å². The van der Waals surface area contributed by atoms with Gasteiger partial charge in [0.2, 0.25) is 16.9 Å². The van der Waals surface area contributed by atoms with Gasteiger partial charge in [-0.15, -0.1) is 10.2 Å². The monoisotopic (exact) mass is 404 g/mol. The number of rotatable bonds is 5. The van der Waals surface area contributed by atoms with Crippen LogP contribution in [0.25, 0.3) is 0 Å². The van der Waals surface area contributed by atoms with Gasteiger partial charge < -0.3 is 10.2 Å². The Labute approximate surface area is 166 Å². The van der Waals surface area contributed by atoms with Gasteiger partial charge in [-0.25, -0.2) is 0 Å². The summed E-state index contributed by atoms with van der Waals surface area (Å²) in [4.78, 5) is 26.7. The molecule has 1 aromatic carbocycles. The van der Waals surface area contributed by atoms with E-state index in [2.05, 4.69) is 15.5 Å². The van der Waals surface area contributed by atoms with Gasteiger partial charge in [0.1, 0.15) is 5.01 Å². The number of aromatic nitrogens is 2. The highest BCUT2D eigenvalue weighted by Gasteiger charge is 2.38. The quantitative estimate of drug-likeness (QED) is 0.827. The molecule has 1 saturated heterocycles. The summed E-state index contributed by atoms with van der Waals surface area (Å²) in [6.07, 6.45) is 5.40. The summed E-state index contributed by atoms with van der Waals surface area (Å²) < 4.78 is 0. The van der Waals surface area contributed by atoms with Gasteiger partial charge in [-0.05, 0) is 30.5 Å². The molecule has 1 N–H and O–H groups in total. The molecule has 2 amide bonds. The van der Waals surface area contributed by atoms with Crippen LogP contribution in [0.4, 0.5) is 5.13 Å². The second-order valence-corrected chi connectivity index (χ2v) is 8.68. The first-order valence-electron chi connectivity index (χ1n) is 9.25. The Morgan fingerprint density at radius 1 is 1.22 bits per heavy atom. The van der Waals surface area contributed by atoms with E-state index < -0.39 is 0 Å². The number of carbonyl (C=O) groups is 2. The first kappa shape index (κ1) is 18.4. The highest BCUT2D eigenvalue weighted by molar-refractivity contribution is 7.15. The minimum absolute atomic E-state index is 0.0998. The highest BCUT2D eigenvalue weighted by atomic mass is 35.5. The van der Waals surface area contributed by atoms with E-state index in [1.165, 1.54) is 24.2 Å². The van der Waals surface area contributed by atoms with Crippen LogP contribution >= 0.6 is 22.9 Å². The van der Waals surface area contributed by atoms with Crippen LogP contribution < -0.4 is 5.32 Å². The van der Waals surface area contributed by atoms with E-state index >= 15 is 0 Å². The molecule has 0 spiro atoms. The lowest BCUT2D eigenvalue weighted by Gasteiger charge is -2.23. The predicted octanol–water partition coefficient (Wildman–Crippen LogP) is 3.51. The summed E-state index contributed by atoms with van der Waals surface area (Å²) >= 11 is 7.26. The minimum atomic E-state index is -0.304. The SMILES string of the molecule is O=C(Nc1nnc(Cc2ccc(Cl)cc2)s1)[C@H]1CC(=O)N(C2CCCC2)C1. The number of carbonyl (C=O) groups excluding carboxylic acids is 2. The number of nitrogens with one attached hydrogen (secondary N) is 1. The van der Waals surface area contributed by atoms with Gasteiger partial charge in [-0.3, -0.25) is 9.59 Å². The van der Waals surface area contributed by atoms with Crippen LogP contribution in [0.5, 0.6) is 0 Å². The summed E-state index contributed by atoms with van der Waals surface area (Å²) in [5, 5.41) is 13.1. The van der Waals surface area contributed by atoms with Crippen molar-refractivity contribution in [3.63, 3.8) is 0 Å². The van der Waals surface area contributed by atoms with Crippen molar-refractivity contribution in [2.75, 3.05) is 11.9 Å². The molecule has 4 rings (SSSR count). The minimum Gasteiger partial charge on any atom is -0.339 e. The summed E-state index contributed by atoms with van der Waals surface area (Å²) in [6, 6.07) is 7.90. The summed E-state index contributed by atoms with van der Waals surface area (Å²) in [5.74, 6) is -0.345. The third kappa shape index (κ3) is 4.30. The van der Waals surface area contributed by atoms with Gasteiger partial charge in [-0.1, -0.05) is 47.9 Å². The second kappa shape index (κ2) is 7.94. The molecule has 1 atom stereocenters. The maximum Gasteiger partial charge on any atom is 0.231 e. The van der Waals surface area contributed by atoms with Crippen molar-refractivity contribution in [2.45, 2.75) is 44.6 Å². The number of nitrogens with zero attached hydrogens (tertiary/aromatic N) is 3. The molecule has 2 fully saturated rings. The Bertz CT molecular complexity index is 832. The molecule has 8 heteroatoms. The zero-order chi connectivity index (χ0) is 18.8. The molecule has 142 valence electrons. The third-order valence-electron chi connectivity index (χ3n) is 5.26. The van der Waals surface area contributed by atoms with Gasteiger partial charge in [0.15, 0.2) is 0 Å². The summed E-state index contributed by atoms with van der Waals surface area (Å²) in [5.41, 5.74) is 1.09. The van der Waals surface area contributed by atoms with Crippen LogP contribution in [0.15, 0.2) is 24.3 Å². The van der Waals surface area contributed by atoms with Crippen molar-refractivity contribution in [1.82, 2.24) is 15.1 Å². The number of likely N-dealkylation sites (tertiary alicyclic amines) is 1. The maximum atomic E-state index is 12.6. The number of anilines is 1. The van der Waals surface area contributed by atoms with E-state index in [-0.39, 0.29) is 17.7 Å². The fourth-order valence-corrected chi connectivity index (χ4v) is 4.74. The van der Waals surface area contributed by atoms with Crippen LogP contribution in [-0.4, -0.2) is 39.5 Å². The molecule has 1 aromatic heterocycles. The second-order valence-electron chi connectivity index (χ2n) is 7.18. The molecule has 0 bridgehead atoms. The normalized spacial score (nSPS) is 20.4. The number of amides is 2. The Morgan fingerprint density at radius 2 is 1.96 bits per heavy atom. The average Bonchev–Trinajstić information content (AvgIpc) is 3.38. The molecule has 2 aromatic rings. The molecule has 27 heavy (non-hydrogen) atoms. The molecule has 1 saturated carbocycles. The first-order valence-corrected chi connectivity index (χ1v) is 10.4. The van der Waals surface area contributed by atoms with E-state index in [9.17, 15) is 9.59 Å². The smallest absolute Gasteiger partial charge is 0.231 e. The van der Waals surface area contributed by atoms with Crippen LogP contribution in [0.1, 0.15) is 42.7 Å². The van der Waals surface area contributed by atoms with E-state index in [4.69, 9.17) is 11.6 Å². The molecule has 6 nitrogen and oxygen atoms in total. The average molecular weight is 405 g/mol. The zero-order valence-electron chi connectivity index (χ0n) is 14.9. The topological polar surface area (TPSA) is 75.2 Å². The highest BCUT2D eigenvalue weighted by Crippen LogP contribution is 2.30. The molecule has 0 unspecified atom stereocenters. The fourth-order valence-electron chi connectivity index (χ4n) is 3.84. The van der Waals surface area contributed by atoms with Gasteiger partial charge in [-0.2, -0.15) is 0 Å². The standard InChI is InChI=1S/C19H21ClN4O2S/c20-14-7-5-12(6-8-14)9-16-22-23-19(27-16)21-18(26)13-10-17(25)24(11-13)15-3-1-2-4-15/h5-8,13,15H,1-4,9-11H2,(H,21,23,26)/t13-/m0/s1. The Morgan fingerprint density at radius 3 is 2.70 bits per heavy atom. The molecule has 2 aliphatic rings. The number of hydrogen-bond acceptors (Lipinski definition) is 5. The molecular weight excluding hydrogens is 384 g/mol. The molecular formula is C19H21ClN4O2S. The van der Waals surface area contributed by atoms with Gasteiger partial charge >= 0.3 is 0 Å². The number of halogens is 1. The maximum absolute atomic E-state index is 12.6. The number of benzene rings is 1. The van der Waals surface area contributed by atoms with Crippen molar-refractivity contribution in [1.29, 1.82) is 0 Å². The van der Waals surface area contributed by atoms with Gasteiger partial charge in [0.25, 0.3) is 0 Å². The Hall–Kier alpha value is -1.99. The van der Waals surface area contributed by atoms with Crippen molar-refractivity contribution in [2.24, 2.45) is 5.92 Å². The van der Waals surface area contributed by atoms with Gasteiger partial charge in [0.05, 0.1) is 5.92 Å². The van der Waals surface area contributed by atoms with Crippen molar-refractivity contribution in [3.05, 3.63) is 39.9 Å². The fraction of sp³-hybridized carbons (Fsp3) is 0.474. The summed E-state index contributed by atoms with van der Waals surface area (Å²) in [7, 11) is 0. The Balaban J connectivity index is 1.34. The molecule has 1 aliphatic carbocycles. The first-order chi connectivity index (χ1) is 13.1. The largest absolute Gasteiger partial charge is 0.339 e. The van der Waals surface area contributed by atoms with Crippen molar-refractivity contribution < 1.29 is 9.59 Å². The third-order valence-corrected chi connectivity index (χ3v) is 6.35. The van der Waals surface area contributed by atoms with Gasteiger partial charge in [0, 0.05) is 30.5 Å². The zero-order valence-corrected chi connectivity index (χ0v) is 16.4. The summed E-state index contributed by atoms with van der Waals surface area (Å²) in [6.45, 7) is 0.520. The van der Waals surface area contributed by atoms with Crippen molar-refractivity contribution >= 4 is 39.9 Å². The lowest BCUT2D eigenvalue weighted by Crippen LogP contribution is -2.35. The molecule has 0 radical (unpaired) electrons. The Kier molecular flexibility index (Phi) is 5.41. The van der Waals surface area contributed by atoms with E-state index in [1.54, 1.807) is 0 Å². The lowest BCUT2D eigenvalue weighted by molar-refractivity contribution is -0.129. The molecule has 2 heterocycles. The van der Waals surface area contributed by atoms with Crippen LogP contribution in [0, 0.1) is 5.92 Å². The van der Waals surface area contributed by atoms with Crippen LogP contribution in [0.2, 0.25) is 5.02 Å². The lowest BCUT2D eigenvalue weighted by atomic mass is 10.1. The number of hydrogen-bond donors (Lipinski definition) is 1.